The normalized spacial score (nSPS) is 14.9. The highest BCUT2D eigenvalue weighted by Gasteiger charge is 2.31. The van der Waals surface area contributed by atoms with Gasteiger partial charge in [-0.1, -0.05) is 17.3 Å². The van der Waals surface area contributed by atoms with Crippen molar-refractivity contribution in [3.63, 3.8) is 0 Å². The first-order chi connectivity index (χ1) is 16.9. The topological polar surface area (TPSA) is 93.2 Å². The highest BCUT2D eigenvalue weighted by molar-refractivity contribution is 5.94. The largest absolute Gasteiger partial charge is 0.416 e. The minimum atomic E-state index is -4.45. The Morgan fingerprint density at radius 2 is 1.80 bits per heavy atom. The maximum atomic E-state index is 13.0. The lowest BCUT2D eigenvalue weighted by Crippen LogP contribution is -2.48. The molecule has 9 nitrogen and oxygen atoms in total. The molecule has 1 amide bonds. The zero-order valence-corrected chi connectivity index (χ0v) is 18.4. The van der Waals surface area contributed by atoms with E-state index in [0.29, 0.717) is 44.2 Å². The van der Waals surface area contributed by atoms with E-state index in [1.165, 1.54) is 18.5 Å². The Hall–Kier alpha value is -4.06. The van der Waals surface area contributed by atoms with Crippen LogP contribution in [0.4, 0.5) is 13.2 Å². The number of nitrogens with zero attached hydrogens (tertiary/aromatic N) is 7. The average Bonchev–Trinajstić information content (AvgIpc) is 3.57. The lowest BCUT2D eigenvalue weighted by Gasteiger charge is -2.34. The number of hydrogen-bond donors (Lipinski definition) is 0. The molecule has 0 bridgehead atoms. The molecule has 0 spiro atoms. The molecule has 0 unspecified atom stereocenters. The number of aromatic nitrogens is 5. The molecule has 0 aliphatic carbocycles. The number of amides is 1. The summed E-state index contributed by atoms with van der Waals surface area (Å²) in [4.78, 5) is 24.9. The second kappa shape index (κ2) is 9.29. The van der Waals surface area contributed by atoms with Crippen LogP contribution in [0.5, 0.6) is 0 Å². The first-order valence-corrected chi connectivity index (χ1v) is 10.8. The smallest absolute Gasteiger partial charge is 0.338 e. The first-order valence-electron chi connectivity index (χ1n) is 10.8. The number of carbonyl (C=O) groups excluding carboxylic acids is 1. The van der Waals surface area contributed by atoms with Crippen LogP contribution in [-0.2, 0) is 12.7 Å². The molecule has 5 rings (SSSR count). The molecule has 1 fully saturated rings. The molecular formula is C23H20F3N7O2. The van der Waals surface area contributed by atoms with Crippen LogP contribution in [0.2, 0.25) is 0 Å². The SMILES string of the molecule is O=C(c1ccc(-n2cncn2)cc1)N1CCN(Cc2nc(-c3cccc(C(F)(F)F)c3)no2)CC1. The van der Waals surface area contributed by atoms with Crippen LogP contribution in [0.15, 0.2) is 65.7 Å². The Balaban J connectivity index is 1.17. The molecule has 1 saturated heterocycles. The third kappa shape index (κ3) is 5.06. The van der Waals surface area contributed by atoms with Gasteiger partial charge in [0.1, 0.15) is 12.7 Å². The molecule has 2 aromatic carbocycles. The van der Waals surface area contributed by atoms with E-state index < -0.39 is 11.7 Å². The lowest BCUT2D eigenvalue weighted by atomic mass is 10.1. The summed E-state index contributed by atoms with van der Waals surface area (Å²) in [6.07, 6.45) is -1.42. The molecule has 4 aromatic rings. The minimum absolute atomic E-state index is 0.0561. The van der Waals surface area contributed by atoms with E-state index in [1.54, 1.807) is 28.0 Å². The van der Waals surface area contributed by atoms with Crippen molar-refractivity contribution in [1.29, 1.82) is 0 Å². The number of alkyl halides is 3. The van der Waals surface area contributed by atoms with Crippen LogP contribution < -0.4 is 0 Å². The van der Waals surface area contributed by atoms with E-state index in [-0.39, 0.29) is 17.3 Å². The van der Waals surface area contributed by atoms with Gasteiger partial charge in [0, 0.05) is 37.3 Å². The molecule has 12 heteroatoms. The zero-order chi connectivity index (χ0) is 24.4. The Morgan fingerprint density at radius 1 is 1.03 bits per heavy atom. The van der Waals surface area contributed by atoms with E-state index in [4.69, 9.17) is 4.52 Å². The van der Waals surface area contributed by atoms with E-state index in [2.05, 4.69) is 25.1 Å². The third-order valence-electron chi connectivity index (χ3n) is 5.73. The van der Waals surface area contributed by atoms with Gasteiger partial charge in [-0.05, 0) is 36.4 Å². The number of benzene rings is 2. The van der Waals surface area contributed by atoms with Gasteiger partial charge in [-0.15, -0.1) is 0 Å². The standard InChI is InChI=1S/C23H20F3N7O2/c24-23(25,26)18-3-1-2-17(12-18)21-29-20(35-30-21)13-31-8-10-32(11-9-31)22(34)16-4-6-19(7-5-16)33-15-27-14-28-33/h1-7,12,14-15H,8-11,13H2. The highest BCUT2D eigenvalue weighted by atomic mass is 19.4. The predicted molar refractivity (Wildman–Crippen MR) is 117 cm³/mol. The summed E-state index contributed by atoms with van der Waals surface area (Å²) in [6.45, 7) is 2.60. The minimum Gasteiger partial charge on any atom is -0.338 e. The first kappa shape index (κ1) is 22.7. The zero-order valence-electron chi connectivity index (χ0n) is 18.4. The second-order valence-electron chi connectivity index (χ2n) is 8.05. The lowest BCUT2D eigenvalue weighted by molar-refractivity contribution is -0.137. The summed E-state index contributed by atoms with van der Waals surface area (Å²) in [5, 5.41) is 7.90. The molecule has 0 N–H and O–H groups in total. The Kier molecular flexibility index (Phi) is 6.03. The molecular weight excluding hydrogens is 463 g/mol. The number of carbonyl (C=O) groups is 1. The monoisotopic (exact) mass is 483 g/mol. The van der Waals surface area contributed by atoms with E-state index in [1.807, 2.05) is 12.1 Å². The van der Waals surface area contributed by atoms with Gasteiger partial charge < -0.3 is 9.42 Å². The maximum absolute atomic E-state index is 13.0. The fourth-order valence-electron chi connectivity index (χ4n) is 3.85. The quantitative estimate of drug-likeness (QED) is 0.430. The van der Waals surface area contributed by atoms with Crippen molar-refractivity contribution >= 4 is 5.91 Å². The molecule has 0 saturated carbocycles. The summed E-state index contributed by atoms with van der Waals surface area (Å²) < 4.78 is 45.8. The van der Waals surface area contributed by atoms with Gasteiger partial charge in [0.25, 0.3) is 5.91 Å². The van der Waals surface area contributed by atoms with Crippen molar-refractivity contribution in [2.45, 2.75) is 12.7 Å². The van der Waals surface area contributed by atoms with E-state index >= 15 is 0 Å². The van der Waals surface area contributed by atoms with Gasteiger partial charge >= 0.3 is 6.18 Å². The molecule has 2 aromatic heterocycles. The van der Waals surface area contributed by atoms with E-state index in [0.717, 1.165) is 17.8 Å². The fraction of sp³-hybridized carbons (Fsp3) is 0.261. The third-order valence-corrected chi connectivity index (χ3v) is 5.73. The van der Waals surface area contributed by atoms with Crippen molar-refractivity contribution in [3.05, 3.63) is 78.2 Å². The van der Waals surface area contributed by atoms with Gasteiger partial charge in [0.2, 0.25) is 11.7 Å². The van der Waals surface area contributed by atoms with Crippen LogP contribution in [-0.4, -0.2) is 66.8 Å². The Morgan fingerprint density at radius 3 is 2.49 bits per heavy atom. The van der Waals surface area contributed by atoms with E-state index in [9.17, 15) is 18.0 Å². The predicted octanol–water partition coefficient (Wildman–Crippen LogP) is 3.29. The van der Waals surface area contributed by atoms with Gasteiger partial charge in [-0.3, -0.25) is 9.69 Å². The van der Waals surface area contributed by atoms with Crippen molar-refractivity contribution in [3.8, 4) is 17.1 Å². The van der Waals surface area contributed by atoms with Crippen LogP contribution in [0.25, 0.3) is 17.1 Å². The molecule has 3 heterocycles. The molecule has 1 aliphatic heterocycles. The Labute approximate surface area is 197 Å². The number of hydrogen-bond acceptors (Lipinski definition) is 7. The summed E-state index contributed by atoms with van der Waals surface area (Å²) in [7, 11) is 0. The highest BCUT2D eigenvalue weighted by Crippen LogP contribution is 2.31. The van der Waals surface area contributed by atoms with Crippen LogP contribution in [0.1, 0.15) is 21.8 Å². The van der Waals surface area contributed by atoms with Gasteiger partial charge in [-0.25, -0.2) is 9.67 Å². The molecule has 1 aliphatic rings. The molecule has 35 heavy (non-hydrogen) atoms. The van der Waals surface area contributed by atoms with Crippen molar-refractivity contribution in [1.82, 2.24) is 34.7 Å². The van der Waals surface area contributed by atoms with Gasteiger partial charge in [0.05, 0.1) is 17.8 Å². The summed E-state index contributed by atoms with van der Waals surface area (Å²) >= 11 is 0. The molecule has 0 radical (unpaired) electrons. The number of halogens is 3. The summed E-state index contributed by atoms with van der Waals surface area (Å²) in [6, 6.07) is 12.0. The van der Waals surface area contributed by atoms with Crippen LogP contribution in [0.3, 0.4) is 0 Å². The van der Waals surface area contributed by atoms with Crippen molar-refractivity contribution in [2.24, 2.45) is 0 Å². The molecule has 0 atom stereocenters. The van der Waals surface area contributed by atoms with Gasteiger partial charge in [0.15, 0.2) is 0 Å². The maximum Gasteiger partial charge on any atom is 0.416 e. The summed E-state index contributed by atoms with van der Waals surface area (Å²) in [5.41, 5.74) is 0.869. The molecule has 180 valence electrons. The second-order valence-corrected chi connectivity index (χ2v) is 8.05. The number of piperazine rings is 1. The van der Waals surface area contributed by atoms with Crippen molar-refractivity contribution in [2.75, 3.05) is 26.2 Å². The van der Waals surface area contributed by atoms with Gasteiger partial charge in [-0.2, -0.15) is 23.3 Å². The number of rotatable bonds is 5. The Bertz CT molecular complexity index is 1300. The summed E-state index contributed by atoms with van der Waals surface area (Å²) in [5.74, 6) is 0.356. The van der Waals surface area contributed by atoms with Crippen LogP contribution >= 0.6 is 0 Å². The van der Waals surface area contributed by atoms with Crippen LogP contribution in [0, 0.1) is 0 Å². The average molecular weight is 483 g/mol. The van der Waals surface area contributed by atoms with Crippen molar-refractivity contribution < 1.29 is 22.5 Å². The fourth-order valence-corrected chi connectivity index (χ4v) is 3.85.